The second kappa shape index (κ2) is 10.9. The van der Waals surface area contributed by atoms with Gasteiger partial charge in [0.15, 0.2) is 0 Å². The molecule has 0 bridgehead atoms. The Kier molecular flexibility index (Phi) is 7.78. The van der Waals surface area contributed by atoms with Crippen molar-refractivity contribution < 1.29 is 27.1 Å². The number of likely N-dealkylation sites (N-methyl/N-ethyl adjacent to an activating group) is 1. The second-order valence-electron chi connectivity index (χ2n) is 9.85. The fourth-order valence-electron chi connectivity index (χ4n) is 4.54. The molecule has 0 aromatic heterocycles. The fourth-order valence-corrected chi connectivity index (χ4v) is 5.12. The van der Waals surface area contributed by atoms with Crippen molar-refractivity contribution in [3.05, 3.63) is 101 Å². The standard InChI is InChI=1S/C29H30FN3O5S/c1-29(2,20-8-6-5-7-9-20)32-25(34)15-12-19-16-22-24(17-23(19)33-39(4,36)37)38-27(26(22)28(35)31-3)18-10-13-21(30)14-11-18/h5-17,26-27,33H,1-4H3,(H,31,35)(H,32,34)/b15-12+. The Hall–Kier alpha value is -4.18. The third-order valence-corrected chi connectivity index (χ3v) is 7.03. The number of rotatable bonds is 8. The number of nitrogens with one attached hydrogen (secondary N) is 3. The van der Waals surface area contributed by atoms with Crippen LogP contribution in [-0.4, -0.2) is 33.5 Å². The zero-order valence-corrected chi connectivity index (χ0v) is 22.8. The molecule has 2 atom stereocenters. The maximum absolute atomic E-state index is 13.5. The van der Waals surface area contributed by atoms with E-state index in [0.29, 0.717) is 22.4 Å². The van der Waals surface area contributed by atoms with Crippen molar-refractivity contribution in [2.75, 3.05) is 18.0 Å². The van der Waals surface area contributed by atoms with Crippen LogP contribution in [0.5, 0.6) is 5.75 Å². The summed E-state index contributed by atoms with van der Waals surface area (Å²) in [5.41, 5.74) is 1.89. The summed E-state index contributed by atoms with van der Waals surface area (Å²) >= 11 is 0. The second-order valence-corrected chi connectivity index (χ2v) is 11.6. The van der Waals surface area contributed by atoms with E-state index in [1.807, 2.05) is 44.2 Å². The number of hydrogen-bond acceptors (Lipinski definition) is 5. The van der Waals surface area contributed by atoms with Gasteiger partial charge in [0.2, 0.25) is 21.8 Å². The highest BCUT2D eigenvalue weighted by Crippen LogP contribution is 2.48. The maximum Gasteiger partial charge on any atom is 0.244 e. The first-order valence-corrected chi connectivity index (χ1v) is 14.1. The minimum Gasteiger partial charge on any atom is -0.484 e. The summed E-state index contributed by atoms with van der Waals surface area (Å²) in [6.07, 6.45) is 3.04. The number of carbonyl (C=O) groups is 2. The van der Waals surface area contributed by atoms with Crippen LogP contribution in [0.4, 0.5) is 10.1 Å². The number of sulfonamides is 1. The molecule has 0 saturated carbocycles. The fraction of sp³-hybridized carbons (Fsp3) is 0.241. The van der Waals surface area contributed by atoms with Gasteiger partial charge in [0, 0.05) is 24.8 Å². The number of carbonyl (C=O) groups excluding carboxylic acids is 2. The van der Waals surface area contributed by atoms with E-state index in [-0.39, 0.29) is 11.6 Å². The molecule has 8 nitrogen and oxygen atoms in total. The Bertz CT molecular complexity index is 1520. The maximum atomic E-state index is 13.5. The van der Waals surface area contributed by atoms with Gasteiger partial charge in [-0.25, -0.2) is 12.8 Å². The van der Waals surface area contributed by atoms with Crippen molar-refractivity contribution >= 4 is 33.6 Å². The number of halogens is 1. The molecule has 1 aliphatic rings. The van der Waals surface area contributed by atoms with Gasteiger partial charge in [-0.05, 0) is 54.8 Å². The predicted molar refractivity (Wildman–Crippen MR) is 148 cm³/mol. The van der Waals surface area contributed by atoms with E-state index in [1.165, 1.54) is 49.5 Å². The number of benzene rings is 3. The van der Waals surface area contributed by atoms with Crippen molar-refractivity contribution in [3.8, 4) is 5.75 Å². The van der Waals surface area contributed by atoms with Gasteiger partial charge in [-0.1, -0.05) is 42.5 Å². The van der Waals surface area contributed by atoms with Gasteiger partial charge in [-0.2, -0.15) is 0 Å². The normalized spacial score (nSPS) is 16.8. The highest BCUT2D eigenvalue weighted by Gasteiger charge is 2.41. The van der Waals surface area contributed by atoms with Gasteiger partial charge in [0.05, 0.1) is 17.5 Å². The Morgan fingerprint density at radius 2 is 1.69 bits per heavy atom. The largest absolute Gasteiger partial charge is 0.484 e. The average Bonchev–Trinajstić information content (AvgIpc) is 3.24. The lowest BCUT2D eigenvalue weighted by atomic mass is 9.89. The molecule has 0 radical (unpaired) electrons. The molecular weight excluding hydrogens is 521 g/mol. The lowest BCUT2D eigenvalue weighted by Crippen LogP contribution is -2.40. The lowest BCUT2D eigenvalue weighted by molar-refractivity contribution is -0.123. The molecule has 2 unspecified atom stereocenters. The van der Waals surface area contributed by atoms with Crippen molar-refractivity contribution in [1.82, 2.24) is 10.6 Å². The van der Waals surface area contributed by atoms with Crippen LogP contribution in [0, 0.1) is 5.82 Å². The average molecular weight is 552 g/mol. The predicted octanol–water partition coefficient (Wildman–Crippen LogP) is 4.23. The molecule has 1 aliphatic heterocycles. The molecular formula is C29H30FN3O5S. The molecule has 10 heteroatoms. The van der Waals surface area contributed by atoms with Gasteiger partial charge in [-0.15, -0.1) is 0 Å². The molecule has 3 aromatic carbocycles. The Morgan fingerprint density at radius 1 is 1.03 bits per heavy atom. The van der Waals surface area contributed by atoms with Gasteiger partial charge in [-0.3, -0.25) is 14.3 Å². The smallest absolute Gasteiger partial charge is 0.244 e. The molecule has 3 aromatic rings. The molecule has 0 spiro atoms. The van der Waals surface area contributed by atoms with Crippen LogP contribution in [0.3, 0.4) is 0 Å². The minimum atomic E-state index is -3.69. The highest BCUT2D eigenvalue weighted by molar-refractivity contribution is 7.92. The van der Waals surface area contributed by atoms with E-state index < -0.39 is 39.3 Å². The quantitative estimate of drug-likeness (QED) is 0.363. The molecule has 0 aliphatic carbocycles. The molecule has 4 rings (SSSR count). The number of hydrogen-bond donors (Lipinski definition) is 3. The van der Waals surface area contributed by atoms with Crippen LogP contribution in [0.2, 0.25) is 0 Å². The topological polar surface area (TPSA) is 114 Å². The third kappa shape index (κ3) is 6.46. The Labute approximate surface area is 227 Å². The summed E-state index contributed by atoms with van der Waals surface area (Å²) in [5.74, 6) is -1.63. The number of anilines is 1. The zero-order valence-electron chi connectivity index (χ0n) is 22.0. The first-order chi connectivity index (χ1) is 18.4. The SMILES string of the molecule is CNC(=O)C1c2cc(/C=C/C(=O)NC(C)(C)c3ccccc3)c(NS(C)(=O)=O)cc2OC1c1ccc(F)cc1. The summed E-state index contributed by atoms with van der Waals surface area (Å²) in [6.45, 7) is 3.75. The van der Waals surface area contributed by atoms with Gasteiger partial charge in [0.25, 0.3) is 0 Å². The molecule has 1 heterocycles. The number of ether oxygens (including phenoxy) is 1. The monoisotopic (exact) mass is 551 g/mol. The van der Waals surface area contributed by atoms with Crippen molar-refractivity contribution in [2.45, 2.75) is 31.4 Å². The van der Waals surface area contributed by atoms with Crippen LogP contribution in [0.15, 0.2) is 72.8 Å². The Balaban J connectivity index is 1.71. The van der Waals surface area contributed by atoms with E-state index >= 15 is 0 Å². The first kappa shape index (κ1) is 27.8. The van der Waals surface area contributed by atoms with Gasteiger partial charge in [0.1, 0.15) is 23.6 Å². The van der Waals surface area contributed by atoms with Crippen LogP contribution < -0.4 is 20.1 Å². The summed E-state index contributed by atoms with van der Waals surface area (Å²) in [7, 11) is -2.19. The van der Waals surface area contributed by atoms with E-state index in [4.69, 9.17) is 4.74 Å². The Morgan fingerprint density at radius 3 is 2.31 bits per heavy atom. The molecule has 0 saturated heterocycles. The van der Waals surface area contributed by atoms with Gasteiger partial charge >= 0.3 is 0 Å². The van der Waals surface area contributed by atoms with Crippen molar-refractivity contribution in [1.29, 1.82) is 0 Å². The van der Waals surface area contributed by atoms with Crippen molar-refractivity contribution in [3.63, 3.8) is 0 Å². The molecule has 0 fully saturated rings. The van der Waals surface area contributed by atoms with E-state index in [1.54, 1.807) is 6.07 Å². The van der Waals surface area contributed by atoms with E-state index in [0.717, 1.165) is 11.8 Å². The summed E-state index contributed by atoms with van der Waals surface area (Å²) in [5, 5.41) is 5.58. The summed E-state index contributed by atoms with van der Waals surface area (Å²) in [4.78, 5) is 25.8. The summed E-state index contributed by atoms with van der Waals surface area (Å²) in [6, 6.07) is 18.2. The van der Waals surface area contributed by atoms with Crippen molar-refractivity contribution in [2.24, 2.45) is 0 Å². The van der Waals surface area contributed by atoms with Crippen LogP contribution in [0.25, 0.3) is 6.08 Å². The van der Waals surface area contributed by atoms with Crippen LogP contribution in [0.1, 0.15) is 48.1 Å². The van der Waals surface area contributed by atoms with Gasteiger partial charge < -0.3 is 15.4 Å². The summed E-state index contributed by atoms with van der Waals surface area (Å²) < 4.78 is 46.3. The molecule has 204 valence electrons. The first-order valence-electron chi connectivity index (χ1n) is 12.2. The molecule has 3 N–H and O–H groups in total. The minimum absolute atomic E-state index is 0.179. The van der Waals surface area contributed by atoms with E-state index in [9.17, 15) is 22.4 Å². The molecule has 2 amide bonds. The highest BCUT2D eigenvalue weighted by atomic mass is 32.2. The number of fused-ring (bicyclic) bond motifs is 1. The molecule has 39 heavy (non-hydrogen) atoms. The lowest BCUT2D eigenvalue weighted by Gasteiger charge is -2.26. The van der Waals surface area contributed by atoms with E-state index in [2.05, 4.69) is 15.4 Å². The third-order valence-electron chi connectivity index (χ3n) is 6.44. The van der Waals surface area contributed by atoms with Crippen LogP contribution >= 0.6 is 0 Å². The zero-order chi connectivity index (χ0) is 28.4. The number of amides is 2. The van der Waals surface area contributed by atoms with Crippen LogP contribution in [-0.2, 0) is 25.2 Å².